The van der Waals surface area contributed by atoms with E-state index in [0.29, 0.717) is 12.2 Å². The predicted molar refractivity (Wildman–Crippen MR) is 75.7 cm³/mol. The normalized spacial score (nSPS) is 10.4. The third kappa shape index (κ3) is 3.17. The second-order valence-electron chi connectivity index (χ2n) is 3.84. The quantitative estimate of drug-likeness (QED) is 0.621. The molecule has 100 valence electrons. The van der Waals surface area contributed by atoms with Gasteiger partial charge in [-0.15, -0.1) is 11.8 Å². The minimum absolute atomic E-state index is 0.191. The number of rotatable bonds is 5. The van der Waals surface area contributed by atoms with Crippen LogP contribution in [-0.2, 0) is 9.53 Å². The molecule has 1 aromatic carbocycles. The van der Waals surface area contributed by atoms with Gasteiger partial charge in [0.25, 0.3) is 0 Å². The molecule has 0 aliphatic rings. The summed E-state index contributed by atoms with van der Waals surface area (Å²) in [6.07, 6.45) is 2.15. The largest absolute Gasteiger partial charge is 0.494 e. The maximum Gasteiger partial charge on any atom is 0.306 e. The molecule has 0 fully saturated rings. The van der Waals surface area contributed by atoms with Crippen molar-refractivity contribution in [1.29, 1.82) is 0 Å². The number of carbonyl (C=O) groups is 1. The average molecular weight is 277 g/mol. The van der Waals surface area contributed by atoms with Gasteiger partial charge < -0.3 is 9.47 Å². The van der Waals surface area contributed by atoms with E-state index in [-0.39, 0.29) is 5.97 Å². The standard InChI is InChI=1S/C14H15NO3S/c1-17-11-5-3-4-10-12(6-8-15-14(10)11)19-9-7-13(16)18-2/h3-6,8H,7,9H2,1-2H3. The fourth-order valence-electron chi connectivity index (χ4n) is 1.76. The highest BCUT2D eigenvalue weighted by Crippen LogP contribution is 2.31. The lowest BCUT2D eigenvalue weighted by molar-refractivity contribution is -0.140. The number of methoxy groups -OCH3 is 2. The molecule has 0 amide bonds. The Bertz CT molecular complexity index is 586. The van der Waals surface area contributed by atoms with Gasteiger partial charge in [0.05, 0.1) is 20.6 Å². The van der Waals surface area contributed by atoms with Gasteiger partial charge in [-0.1, -0.05) is 12.1 Å². The number of hydrogen-bond acceptors (Lipinski definition) is 5. The number of aromatic nitrogens is 1. The van der Waals surface area contributed by atoms with E-state index in [1.165, 1.54) is 7.11 Å². The van der Waals surface area contributed by atoms with Gasteiger partial charge in [-0.2, -0.15) is 0 Å². The molecular formula is C14H15NO3S. The van der Waals surface area contributed by atoms with E-state index < -0.39 is 0 Å². The summed E-state index contributed by atoms with van der Waals surface area (Å²) in [5.41, 5.74) is 0.841. The van der Waals surface area contributed by atoms with Crippen LogP contribution in [0.2, 0.25) is 0 Å². The Balaban J connectivity index is 2.21. The second kappa shape index (κ2) is 6.43. The first-order valence-corrected chi connectivity index (χ1v) is 6.86. The number of fused-ring (bicyclic) bond motifs is 1. The Morgan fingerprint density at radius 2 is 2.16 bits per heavy atom. The summed E-state index contributed by atoms with van der Waals surface area (Å²) in [4.78, 5) is 16.5. The van der Waals surface area contributed by atoms with Gasteiger partial charge in [-0.3, -0.25) is 9.78 Å². The maximum absolute atomic E-state index is 11.1. The SMILES string of the molecule is COC(=O)CCSc1ccnc2c(OC)cccc12. The Morgan fingerprint density at radius 3 is 2.89 bits per heavy atom. The number of nitrogens with zero attached hydrogens (tertiary/aromatic N) is 1. The first kappa shape index (κ1) is 13.7. The van der Waals surface area contributed by atoms with Gasteiger partial charge >= 0.3 is 5.97 Å². The predicted octanol–water partition coefficient (Wildman–Crippen LogP) is 2.90. The minimum atomic E-state index is -0.191. The number of ether oxygens (including phenoxy) is 2. The monoisotopic (exact) mass is 277 g/mol. The van der Waals surface area contributed by atoms with E-state index in [2.05, 4.69) is 9.72 Å². The highest BCUT2D eigenvalue weighted by molar-refractivity contribution is 7.99. The Kier molecular flexibility index (Phi) is 4.63. The lowest BCUT2D eigenvalue weighted by Crippen LogP contribution is -2.01. The van der Waals surface area contributed by atoms with Gasteiger partial charge in [0.15, 0.2) is 0 Å². The van der Waals surface area contributed by atoms with Crippen LogP contribution < -0.4 is 4.74 Å². The Hall–Kier alpha value is -1.75. The fraction of sp³-hybridized carbons (Fsp3) is 0.286. The van der Waals surface area contributed by atoms with Crippen molar-refractivity contribution in [3.05, 3.63) is 30.5 Å². The number of carbonyl (C=O) groups excluding carboxylic acids is 1. The summed E-state index contributed by atoms with van der Waals surface area (Å²) in [6.45, 7) is 0. The molecule has 19 heavy (non-hydrogen) atoms. The lowest BCUT2D eigenvalue weighted by Gasteiger charge is -2.08. The van der Waals surface area contributed by atoms with E-state index in [0.717, 1.165) is 21.5 Å². The van der Waals surface area contributed by atoms with Crippen molar-refractivity contribution in [1.82, 2.24) is 4.98 Å². The zero-order valence-corrected chi connectivity index (χ0v) is 11.7. The van der Waals surface area contributed by atoms with Crippen LogP contribution in [0.5, 0.6) is 5.75 Å². The van der Waals surface area contributed by atoms with Crippen LogP contribution in [0, 0.1) is 0 Å². The van der Waals surface area contributed by atoms with E-state index in [1.807, 2.05) is 24.3 Å². The Labute approximate surface area is 116 Å². The molecule has 0 unspecified atom stereocenters. The number of hydrogen-bond donors (Lipinski definition) is 0. The third-order valence-corrected chi connectivity index (χ3v) is 3.78. The number of pyridine rings is 1. The number of benzene rings is 1. The molecule has 2 rings (SSSR count). The van der Waals surface area contributed by atoms with Crippen LogP contribution in [0.15, 0.2) is 35.4 Å². The van der Waals surface area contributed by atoms with Crippen LogP contribution in [0.25, 0.3) is 10.9 Å². The molecule has 0 saturated heterocycles. The molecule has 5 heteroatoms. The highest BCUT2D eigenvalue weighted by atomic mass is 32.2. The molecule has 0 bridgehead atoms. The van der Waals surface area contributed by atoms with Gasteiger partial charge in [0.2, 0.25) is 0 Å². The molecule has 1 heterocycles. The smallest absolute Gasteiger partial charge is 0.306 e. The second-order valence-corrected chi connectivity index (χ2v) is 4.98. The van der Waals surface area contributed by atoms with Gasteiger partial charge in [-0.05, 0) is 12.1 Å². The van der Waals surface area contributed by atoms with E-state index in [9.17, 15) is 4.79 Å². The first-order valence-electron chi connectivity index (χ1n) is 5.87. The summed E-state index contributed by atoms with van der Waals surface area (Å²) < 4.78 is 9.92. The number of para-hydroxylation sites is 1. The van der Waals surface area contributed by atoms with E-state index in [4.69, 9.17) is 4.74 Å². The molecule has 0 atom stereocenters. The summed E-state index contributed by atoms with van der Waals surface area (Å²) in [7, 11) is 3.03. The summed E-state index contributed by atoms with van der Waals surface area (Å²) in [6, 6.07) is 7.78. The first-order chi connectivity index (χ1) is 9.26. The van der Waals surface area contributed by atoms with Crippen molar-refractivity contribution in [2.24, 2.45) is 0 Å². The maximum atomic E-state index is 11.1. The van der Waals surface area contributed by atoms with Crippen LogP contribution in [0.4, 0.5) is 0 Å². The highest BCUT2D eigenvalue weighted by Gasteiger charge is 2.08. The van der Waals surface area contributed by atoms with E-state index in [1.54, 1.807) is 25.1 Å². The Morgan fingerprint density at radius 1 is 1.32 bits per heavy atom. The minimum Gasteiger partial charge on any atom is -0.494 e. The van der Waals surface area contributed by atoms with Crippen molar-refractivity contribution in [3.63, 3.8) is 0 Å². The molecule has 4 nitrogen and oxygen atoms in total. The third-order valence-electron chi connectivity index (χ3n) is 2.71. The van der Waals surface area contributed by atoms with Crippen LogP contribution >= 0.6 is 11.8 Å². The summed E-state index contributed by atoms with van der Waals surface area (Å²) >= 11 is 1.62. The fourth-order valence-corrected chi connectivity index (χ4v) is 2.73. The molecule has 0 spiro atoms. The zero-order chi connectivity index (χ0) is 13.7. The number of esters is 1. The van der Waals surface area contributed by atoms with Crippen LogP contribution in [-0.4, -0.2) is 30.9 Å². The molecule has 2 aromatic rings. The summed E-state index contributed by atoms with van der Waals surface area (Å²) in [5, 5.41) is 1.04. The average Bonchev–Trinajstić information content (AvgIpc) is 2.46. The molecular weight excluding hydrogens is 262 g/mol. The van der Waals surface area contributed by atoms with Gasteiger partial charge in [0, 0.05) is 22.2 Å². The van der Waals surface area contributed by atoms with Crippen LogP contribution in [0.3, 0.4) is 0 Å². The van der Waals surface area contributed by atoms with E-state index >= 15 is 0 Å². The van der Waals surface area contributed by atoms with Crippen molar-refractivity contribution < 1.29 is 14.3 Å². The molecule has 0 N–H and O–H groups in total. The molecule has 0 radical (unpaired) electrons. The topological polar surface area (TPSA) is 48.4 Å². The molecule has 1 aromatic heterocycles. The van der Waals surface area contributed by atoms with Gasteiger partial charge in [-0.25, -0.2) is 0 Å². The molecule has 0 saturated carbocycles. The zero-order valence-electron chi connectivity index (χ0n) is 10.9. The molecule has 0 aliphatic carbocycles. The van der Waals surface area contributed by atoms with Gasteiger partial charge in [0.1, 0.15) is 11.3 Å². The summed E-state index contributed by atoms with van der Waals surface area (Å²) in [5.74, 6) is 1.25. The van der Waals surface area contributed by atoms with Crippen molar-refractivity contribution in [2.45, 2.75) is 11.3 Å². The number of thioether (sulfide) groups is 1. The van der Waals surface area contributed by atoms with Crippen molar-refractivity contribution >= 4 is 28.6 Å². The lowest BCUT2D eigenvalue weighted by atomic mass is 10.2. The van der Waals surface area contributed by atoms with Crippen molar-refractivity contribution in [2.75, 3.05) is 20.0 Å². The molecule has 0 aliphatic heterocycles. The van der Waals surface area contributed by atoms with Crippen LogP contribution in [0.1, 0.15) is 6.42 Å². The van der Waals surface area contributed by atoms with Crippen molar-refractivity contribution in [3.8, 4) is 5.75 Å².